The van der Waals surface area contributed by atoms with Gasteiger partial charge in [-0.2, -0.15) is 0 Å². The van der Waals surface area contributed by atoms with E-state index in [9.17, 15) is 0 Å². The standard InChI is InChI=1S/C18H21BrN4/c19-16-4-2-1-3-14(16)11-23-10-8-15(12-23)21-17-7-9-20-18(22-17)13-5-6-13/h1-4,7,9,13,15H,5-6,8,10-12H2,(H,20,21,22). The van der Waals surface area contributed by atoms with Crippen LogP contribution in [0.1, 0.15) is 36.6 Å². The van der Waals surface area contributed by atoms with E-state index in [0.717, 1.165) is 37.7 Å². The molecule has 23 heavy (non-hydrogen) atoms. The summed E-state index contributed by atoms with van der Waals surface area (Å²) in [6, 6.07) is 10.9. The number of hydrogen-bond acceptors (Lipinski definition) is 4. The molecule has 1 saturated heterocycles. The smallest absolute Gasteiger partial charge is 0.133 e. The lowest BCUT2D eigenvalue weighted by Gasteiger charge is -2.18. The van der Waals surface area contributed by atoms with E-state index in [-0.39, 0.29) is 0 Å². The van der Waals surface area contributed by atoms with Crippen molar-refractivity contribution >= 4 is 21.7 Å². The third-order valence-electron chi connectivity index (χ3n) is 4.59. The fraction of sp³-hybridized carbons (Fsp3) is 0.444. The van der Waals surface area contributed by atoms with Gasteiger partial charge in [0.05, 0.1) is 0 Å². The van der Waals surface area contributed by atoms with E-state index in [4.69, 9.17) is 0 Å². The van der Waals surface area contributed by atoms with Crippen LogP contribution >= 0.6 is 15.9 Å². The van der Waals surface area contributed by atoms with Crippen LogP contribution in [0.5, 0.6) is 0 Å². The fourth-order valence-corrected chi connectivity index (χ4v) is 3.57. The second-order valence-electron chi connectivity index (χ2n) is 6.53. The number of rotatable bonds is 5. The highest BCUT2D eigenvalue weighted by atomic mass is 79.9. The number of anilines is 1. The average molecular weight is 373 g/mol. The summed E-state index contributed by atoms with van der Waals surface area (Å²) in [5, 5.41) is 3.59. The number of benzene rings is 1. The molecule has 1 N–H and O–H groups in total. The highest BCUT2D eigenvalue weighted by Gasteiger charge is 2.27. The Morgan fingerprint density at radius 2 is 2.04 bits per heavy atom. The van der Waals surface area contributed by atoms with Crippen LogP contribution in [0.4, 0.5) is 5.82 Å². The van der Waals surface area contributed by atoms with Crippen molar-refractivity contribution in [2.45, 2.75) is 37.8 Å². The third kappa shape index (κ3) is 3.72. The van der Waals surface area contributed by atoms with E-state index >= 15 is 0 Å². The molecule has 0 bridgehead atoms. The predicted octanol–water partition coefficient (Wildman–Crippen LogP) is 3.80. The Labute approximate surface area is 145 Å². The Morgan fingerprint density at radius 1 is 1.17 bits per heavy atom. The summed E-state index contributed by atoms with van der Waals surface area (Å²) in [6.07, 6.45) is 5.53. The number of halogens is 1. The van der Waals surface area contributed by atoms with E-state index in [2.05, 4.69) is 60.4 Å². The largest absolute Gasteiger partial charge is 0.366 e. The molecule has 0 spiro atoms. The lowest BCUT2D eigenvalue weighted by atomic mass is 10.2. The predicted molar refractivity (Wildman–Crippen MR) is 95.5 cm³/mol. The van der Waals surface area contributed by atoms with Crippen LogP contribution < -0.4 is 5.32 Å². The molecule has 5 heteroatoms. The molecule has 4 nitrogen and oxygen atoms in total. The topological polar surface area (TPSA) is 41.0 Å². The minimum atomic E-state index is 0.472. The Kier molecular flexibility index (Phi) is 4.31. The summed E-state index contributed by atoms with van der Waals surface area (Å²) >= 11 is 3.64. The van der Waals surface area contributed by atoms with E-state index in [0.29, 0.717) is 12.0 Å². The van der Waals surface area contributed by atoms with Gasteiger partial charge in [-0.3, -0.25) is 4.90 Å². The van der Waals surface area contributed by atoms with Gasteiger partial charge < -0.3 is 5.32 Å². The first kappa shape index (κ1) is 15.1. The van der Waals surface area contributed by atoms with E-state index in [1.165, 1.54) is 22.9 Å². The molecule has 1 saturated carbocycles. The monoisotopic (exact) mass is 372 g/mol. The average Bonchev–Trinajstić information content (AvgIpc) is 3.32. The lowest BCUT2D eigenvalue weighted by Crippen LogP contribution is -2.26. The molecule has 0 amide bonds. The van der Waals surface area contributed by atoms with Gasteiger partial charge in [-0.05, 0) is 37.0 Å². The summed E-state index contributed by atoms with van der Waals surface area (Å²) in [5.74, 6) is 2.60. The molecule has 1 aliphatic heterocycles. The Hall–Kier alpha value is -1.46. The van der Waals surface area contributed by atoms with E-state index in [1.807, 2.05) is 12.3 Å². The Morgan fingerprint density at radius 3 is 2.87 bits per heavy atom. The first-order valence-corrected chi connectivity index (χ1v) is 9.12. The molecule has 1 unspecified atom stereocenters. The van der Waals surface area contributed by atoms with Gasteiger partial charge in [0.1, 0.15) is 11.6 Å². The molecule has 2 heterocycles. The highest BCUT2D eigenvalue weighted by molar-refractivity contribution is 9.10. The maximum Gasteiger partial charge on any atom is 0.133 e. The first-order valence-electron chi connectivity index (χ1n) is 8.33. The van der Waals surface area contributed by atoms with Crippen molar-refractivity contribution in [1.82, 2.24) is 14.9 Å². The maximum absolute atomic E-state index is 4.67. The van der Waals surface area contributed by atoms with Crippen molar-refractivity contribution in [1.29, 1.82) is 0 Å². The quantitative estimate of drug-likeness (QED) is 0.866. The van der Waals surface area contributed by atoms with Crippen molar-refractivity contribution < 1.29 is 0 Å². The van der Waals surface area contributed by atoms with Crippen molar-refractivity contribution in [2.24, 2.45) is 0 Å². The molecule has 1 aromatic heterocycles. The van der Waals surface area contributed by atoms with Gasteiger partial charge in [0.15, 0.2) is 0 Å². The Bertz CT molecular complexity index is 686. The van der Waals surface area contributed by atoms with Crippen LogP contribution in [-0.2, 0) is 6.54 Å². The maximum atomic E-state index is 4.67. The van der Waals surface area contributed by atoms with E-state index < -0.39 is 0 Å². The number of hydrogen-bond donors (Lipinski definition) is 1. The second-order valence-corrected chi connectivity index (χ2v) is 7.39. The number of aromatic nitrogens is 2. The summed E-state index contributed by atoms with van der Waals surface area (Å²) in [4.78, 5) is 11.6. The minimum Gasteiger partial charge on any atom is -0.366 e. The van der Waals surface area contributed by atoms with Crippen LogP contribution in [0.15, 0.2) is 41.0 Å². The summed E-state index contributed by atoms with van der Waals surface area (Å²) in [5.41, 5.74) is 1.35. The van der Waals surface area contributed by atoms with Crippen LogP contribution in [0.3, 0.4) is 0 Å². The zero-order valence-corrected chi connectivity index (χ0v) is 14.7. The normalized spacial score (nSPS) is 21.5. The second kappa shape index (κ2) is 6.57. The molecular weight excluding hydrogens is 352 g/mol. The van der Waals surface area contributed by atoms with Crippen LogP contribution in [0, 0.1) is 0 Å². The molecule has 1 aliphatic carbocycles. The molecule has 0 radical (unpaired) electrons. The number of nitrogens with one attached hydrogen (secondary N) is 1. The first-order chi connectivity index (χ1) is 11.3. The van der Waals surface area contributed by atoms with Gasteiger partial charge in [-0.1, -0.05) is 34.1 Å². The summed E-state index contributed by atoms with van der Waals surface area (Å²) in [6.45, 7) is 3.18. The third-order valence-corrected chi connectivity index (χ3v) is 5.37. The van der Waals surface area contributed by atoms with Crippen LogP contribution in [0.2, 0.25) is 0 Å². The molecule has 120 valence electrons. The number of nitrogens with zero attached hydrogens (tertiary/aromatic N) is 3. The van der Waals surface area contributed by atoms with Crippen molar-refractivity contribution in [2.75, 3.05) is 18.4 Å². The molecule has 1 aromatic carbocycles. The van der Waals surface area contributed by atoms with E-state index in [1.54, 1.807) is 0 Å². The van der Waals surface area contributed by atoms with Gasteiger partial charge in [0.2, 0.25) is 0 Å². The van der Waals surface area contributed by atoms with Gasteiger partial charge in [0.25, 0.3) is 0 Å². The van der Waals surface area contributed by atoms with Gasteiger partial charge in [-0.25, -0.2) is 9.97 Å². The van der Waals surface area contributed by atoms with Gasteiger partial charge in [-0.15, -0.1) is 0 Å². The zero-order chi connectivity index (χ0) is 15.6. The molecule has 2 aliphatic rings. The summed E-state index contributed by atoms with van der Waals surface area (Å²) < 4.78 is 1.20. The summed E-state index contributed by atoms with van der Waals surface area (Å²) in [7, 11) is 0. The highest BCUT2D eigenvalue weighted by Crippen LogP contribution is 2.38. The van der Waals surface area contributed by atoms with Gasteiger partial charge >= 0.3 is 0 Å². The fourth-order valence-electron chi connectivity index (χ4n) is 3.16. The van der Waals surface area contributed by atoms with Crippen molar-refractivity contribution in [3.63, 3.8) is 0 Å². The molecule has 4 rings (SSSR count). The van der Waals surface area contributed by atoms with Crippen molar-refractivity contribution in [3.8, 4) is 0 Å². The minimum absolute atomic E-state index is 0.472. The molecule has 1 atom stereocenters. The van der Waals surface area contributed by atoms with Crippen molar-refractivity contribution in [3.05, 3.63) is 52.4 Å². The van der Waals surface area contributed by atoms with Crippen LogP contribution in [-0.4, -0.2) is 34.0 Å². The molecule has 2 aromatic rings. The van der Waals surface area contributed by atoms with Gasteiger partial charge in [0, 0.05) is 42.3 Å². The lowest BCUT2D eigenvalue weighted by molar-refractivity contribution is 0.328. The van der Waals surface area contributed by atoms with Crippen LogP contribution in [0.25, 0.3) is 0 Å². The molecule has 2 fully saturated rings. The molecular formula is C18H21BrN4. The zero-order valence-electron chi connectivity index (χ0n) is 13.1. The SMILES string of the molecule is Brc1ccccc1CN1CCC(Nc2ccnc(C3CC3)n2)C1. The number of likely N-dealkylation sites (tertiary alicyclic amines) is 1. The Balaban J connectivity index is 1.35.